The number of benzene rings is 2. The van der Waals surface area contributed by atoms with E-state index >= 15 is 0 Å². The molecular weight excluding hydrogens is 384 g/mol. The van der Waals surface area contributed by atoms with Gasteiger partial charge in [-0.1, -0.05) is 39.0 Å². The van der Waals surface area contributed by atoms with E-state index in [0.29, 0.717) is 23.8 Å². The van der Waals surface area contributed by atoms with Crippen molar-refractivity contribution in [1.82, 2.24) is 9.97 Å². The Bertz CT molecular complexity index is 1110. The van der Waals surface area contributed by atoms with Crippen LogP contribution >= 0.6 is 0 Å². The molecule has 31 heavy (non-hydrogen) atoms. The van der Waals surface area contributed by atoms with E-state index in [2.05, 4.69) is 75.6 Å². The molecule has 0 atom stereocenters. The van der Waals surface area contributed by atoms with Gasteiger partial charge in [-0.3, -0.25) is 4.79 Å². The van der Waals surface area contributed by atoms with Crippen molar-refractivity contribution in [2.24, 2.45) is 5.41 Å². The first kappa shape index (κ1) is 21.0. The Kier molecular flexibility index (Phi) is 5.52. The fourth-order valence-electron chi connectivity index (χ4n) is 4.25. The minimum Gasteiger partial charge on any atom is -0.339 e. The molecule has 3 aromatic rings. The van der Waals surface area contributed by atoms with Crippen molar-refractivity contribution < 1.29 is 4.79 Å². The molecule has 0 amide bonds. The number of aromatic nitrogens is 2. The Morgan fingerprint density at radius 1 is 0.903 bits per heavy atom. The van der Waals surface area contributed by atoms with Crippen molar-refractivity contribution >= 4 is 28.9 Å². The van der Waals surface area contributed by atoms with Gasteiger partial charge in [0.25, 0.3) is 0 Å². The maximum Gasteiger partial charge on any atom is 0.229 e. The normalized spacial score (nSPS) is 14.8. The largest absolute Gasteiger partial charge is 0.339 e. The minimum absolute atomic E-state index is 0.0944. The van der Waals surface area contributed by atoms with E-state index < -0.39 is 0 Å². The summed E-state index contributed by atoms with van der Waals surface area (Å²) in [6.45, 7) is 10.5. The predicted molar refractivity (Wildman–Crippen MR) is 127 cm³/mol. The molecule has 0 aliphatic heterocycles. The molecule has 0 bridgehead atoms. The molecule has 0 unspecified atom stereocenters. The second-order valence-electron chi connectivity index (χ2n) is 9.34. The standard InChI is InChI=1S/C26H30N4O/c1-6-18-7-9-19(10-8-18)28-25-29-21-14-26(4,5)15-22(31)23(21)24(30-25)27-20-12-16(2)11-17(3)13-20/h7-13H,6,14-15H2,1-5H3,(H2,27,28,29,30). The molecule has 1 aliphatic carbocycles. The zero-order chi connectivity index (χ0) is 22.2. The highest BCUT2D eigenvalue weighted by atomic mass is 16.1. The highest BCUT2D eigenvalue weighted by Crippen LogP contribution is 2.38. The Morgan fingerprint density at radius 3 is 2.23 bits per heavy atom. The van der Waals surface area contributed by atoms with Gasteiger partial charge >= 0.3 is 0 Å². The third-order valence-corrected chi connectivity index (χ3v) is 5.65. The van der Waals surface area contributed by atoms with Crippen molar-refractivity contribution in [2.75, 3.05) is 10.6 Å². The van der Waals surface area contributed by atoms with Crippen molar-refractivity contribution in [1.29, 1.82) is 0 Å². The molecule has 0 radical (unpaired) electrons. The quantitative estimate of drug-likeness (QED) is 0.513. The van der Waals surface area contributed by atoms with Gasteiger partial charge < -0.3 is 10.6 Å². The first-order valence-corrected chi connectivity index (χ1v) is 10.9. The number of Topliss-reactive ketones (excluding diaryl/α,β-unsaturated/α-hetero) is 1. The number of ketones is 1. The van der Waals surface area contributed by atoms with E-state index in [1.807, 2.05) is 12.1 Å². The zero-order valence-electron chi connectivity index (χ0n) is 19.0. The number of nitrogens with zero attached hydrogens (tertiary/aromatic N) is 2. The van der Waals surface area contributed by atoms with Crippen molar-refractivity contribution in [3.8, 4) is 0 Å². The number of hydrogen-bond acceptors (Lipinski definition) is 5. The van der Waals surface area contributed by atoms with Crippen molar-refractivity contribution in [2.45, 2.75) is 53.9 Å². The lowest BCUT2D eigenvalue weighted by Crippen LogP contribution is -2.29. The van der Waals surface area contributed by atoms with Gasteiger partial charge in [-0.15, -0.1) is 0 Å². The van der Waals surface area contributed by atoms with Gasteiger partial charge in [0.05, 0.1) is 11.3 Å². The van der Waals surface area contributed by atoms with E-state index in [9.17, 15) is 4.79 Å². The van der Waals surface area contributed by atoms with Crippen LogP contribution in [-0.4, -0.2) is 15.8 Å². The van der Waals surface area contributed by atoms with Crippen LogP contribution in [0.3, 0.4) is 0 Å². The Morgan fingerprint density at radius 2 is 1.58 bits per heavy atom. The van der Waals surface area contributed by atoms with Gasteiger partial charge in [-0.25, -0.2) is 4.98 Å². The fourth-order valence-corrected chi connectivity index (χ4v) is 4.25. The highest BCUT2D eigenvalue weighted by Gasteiger charge is 2.35. The smallest absolute Gasteiger partial charge is 0.229 e. The van der Waals surface area contributed by atoms with Gasteiger partial charge in [0, 0.05) is 17.8 Å². The monoisotopic (exact) mass is 414 g/mol. The van der Waals surface area contributed by atoms with Gasteiger partial charge in [0.2, 0.25) is 5.95 Å². The van der Waals surface area contributed by atoms with Crippen LogP contribution in [-0.2, 0) is 12.8 Å². The minimum atomic E-state index is -0.115. The van der Waals surface area contributed by atoms with E-state index in [1.165, 1.54) is 5.56 Å². The summed E-state index contributed by atoms with van der Waals surface area (Å²) in [7, 11) is 0. The Balaban J connectivity index is 1.76. The van der Waals surface area contributed by atoms with Gasteiger partial charge in [0.15, 0.2) is 5.78 Å². The first-order valence-electron chi connectivity index (χ1n) is 10.9. The summed E-state index contributed by atoms with van der Waals surface area (Å²) >= 11 is 0. The molecule has 0 spiro atoms. The van der Waals surface area contributed by atoms with Gasteiger partial charge in [-0.2, -0.15) is 4.98 Å². The number of fused-ring (bicyclic) bond motifs is 1. The third-order valence-electron chi connectivity index (χ3n) is 5.65. The number of hydrogen-bond donors (Lipinski definition) is 2. The maximum absolute atomic E-state index is 13.0. The molecule has 160 valence electrons. The summed E-state index contributed by atoms with van der Waals surface area (Å²) in [5.74, 6) is 1.17. The molecule has 2 aromatic carbocycles. The van der Waals surface area contributed by atoms with Crippen LogP contribution in [0.25, 0.3) is 0 Å². The maximum atomic E-state index is 13.0. The number of anilines is 4. The second-order valence-corrected chi connectivity index (χ2v) is 9.34. The summed E-state index contributed by atoms with van der Waals surface area (Å²) in [6, 6.07) is 14.5. The van der Waals surface area contributed by atoms with Crippen LogP contribution in [0.5, 0.6) is 0 Å². The van der Waals surface area contributed by atoms with Crippen LogP contribution in [0.2, 0.25) is 0 Å². The molecule has 0 saturated heterocycles. The van der Waals surface area contributed by atoms with Crippen LogP contribution < -0.4 is 10.6 Å². The summed E-state index contributed by atoms with van der Waals surface area (Å²) in [5, 5.41) is 6.73. The lowest BCUT2D eigenvalue weighted by atomic mass is 9.75. The highest BCUT2D eigenvalue weighted by molar-refractivity contribution is 6.03. The van der Waals surface area contributed by atoms with Crippen molar-refractivity contribution in [3.63, 3.8) is 0 Å². The van der Waals surface area contributed by atoms with Crippen LogP contribution in [0.15, 0.2) is 42.5 Å². The topological polar surface area (TPSA) is 66.9 Å². The average molecular weight is 415 g/mol. The molecule has 1 aromatic heterocycles. The predicted octanol–water partition coefficient (Wildman–Crippen LogP) is 6.30. The summed E-state index contributed by atoms with van der Waals surface area (Å²) in [5.41, 5.74) is 6.75. The molecule has 4 rings (SSSR count). The van der Waals surface area contributed by atoms with Gasteiger partial charge in [-0.05, 0) is 73.1 Å². The molecule has 2 N–H and O–H groups in total. The van der Waals surface area contributed by atoms with Crippen molar-refractivity contribution in [3.05, 3.63) is 70.4 Å². The lowest BCUT2D eigenvalue weighted by molar-refractivity contribution is 0.0911. The van der Waals surface area contributed by atoms with Crippen LogP contribution in [0.4, 0.5) is 23.1 Å². The number of aryl methyl sites for hydroxylation is 3. The van der Waals surface area contributed by atoms with Crippen LogP contribution in [0.1, 0.15) is 59.9 Å². The molecule has 0 saturated carbocycles. The third kappa shape index (κ3) is 4.76. The summed E-state index contributed by atoms with van der Waals surface area (Å²) in [4.78, 5) is 22.5. The molecule has 1 aliphatic rings. The molecular formula is C26H30N4O. The molecule has 5 heteroatoms. The Hall–Kier alpha value is -3.21. The zero-order valence-corrected chi connectivity index (χ0v) is 19.0. The van der Waals surface area contributed by atoms with Gasteiger partial charge in [0.1, 0.15) is 5.82 Å². The summed E-state index contributed by atoms with van der Waals surface area (Å²) < 4.78 is 0. The molecule has 0 fully saturated rings. The first-order chi connectivity index (χ1) is 14.7. The number of carbonyl (C=O) groups excluding carboxylic acids is 1. The van der Waals surface area contributed by atoms with Crippen LogP contribution in [0, 0.1) is 19.3 Å². The van der Waals surface area contributed by atoms with E-state index in [0.717, 1.165) is 41.0 Å². The molecule has 1 heterocycles. The lowest BCUT2D eigenvalue weighted by Gasteiger charge is -2.30. The SMILES string of the molecule is CCc1ccc(Nc2nc3c(c(Nc4cc(C)cc(C)c4)n2)C(=O)CC(C)(C)C3)cc1. The number of nitrogens with one attached hydrogen (secondary N) is 2. The summed E-state index contributed by atoms with van der Waals surface area (Å²) in [6.07, 6.45) is 2.23. The molecule has 5 nitrogen and oxygen atoms in total. The number of rotatable bonds is 5. The van der Waals surface area contributed by atoms with E-state index in [4.69, 9.17) is 9.97 Å². The van der Waals surface area contributed by atoms with E-state index in [-0.39, 0.29) is 11.2 Å². The Labute approximate surface area is 184 Å². The average Bonchev–Trinajstić information content (AvgIpc) is 2.66. The fraction of sp³-hybridized carbons (Fsp3) is 0.346. The second kappa shape index (κ2) is 8.14. The number of carbonyl (C=O) groups is 1. The van der Waals surface area contributed by atoms with E-state index in [1.54, 1.807) is 0 Å².